The van der Waals surface area contributed by atoms with Gasteiger partial charge in [-0.3, -0.25) is 9.59 Å². The maximum atomic E-state index is 12.7. The molecule has 1 fully saturated rings. The zero-order chi connectivity index (χ0) is 17.9. The van der Waals surface area contributed by atoms with Gasteiger partial charge >= 0.3 is 0 Å². The second-order valence-corrected chi connectivity index (χ2v) is 7.99. The molecule has 1 atom stereocenters. The van der Waals surface area contributed by atoms with Crippen LogP contribution in [0.1, 0.15) is 44.5 Å². The van der Waals surface area contributed by atoms with Gasteiger partial charge in [-0.15, -0.1) is 12.4 Å². The van der Waals surface area contributed by atoms with Crippen molar-refractivity contribution in [3.05, 3.63) is 28.8 Å². The van der Waals surface area contributed by atoms with E-state index < -0.39 is 0 Å². The van der Waals surface area contributed by atoms with Gasteiger partial charge in [0.15, 0.2) is 0 Å². The van der Waals surface area contributed by atoms with Gasteiger partial charge in [0.25, 0.3) is 5.91 Å². The minimum atomic E-state index is -0.0970. The molecule has 1 aromatic rings. The second-order valence-electron chi connectivity index (χ2n) is 7.59. The Hall–Kier alpha value is -1.30. The van der Waals surface area contributed by atoms with Gasteiger partial charge in [0.1, 0.15) is 0 Å². The van der Waals surface area contributed by atoms with Gasteiger partial charge in [0.2, 0.25) is 5.91 Å². The van der Waals surface area contributed by atoms with Gasteiger partial charge in [-0.05, 0) is 30.5 Å². The smallest absolute Gasteiger partial charge is 0.255 e. The van der Waals surface area contributed by atoms with Gasteiger partial charge in [0, 0.05) is 37.8 Å². The Kier molecular flexibility index (Phi) is 7.72. The van der Waals surface area contributed by atoms with E-state index >= 15 is 0 Å². The highest BCUT2D eigenvalue weighted by Gasteiger charge is 2.24. The van der Waals surface area contributed by atoms with Gasteiger partial charge in [-0.25, -0.2) is 0 Å². The molecule has 0 aliphatic carbocycles. The Balaban J connectivity index is 0.00000312. The zero-order valence-corrected chi connectivity index (χ0v) is 16.8. The lowest BCUT2D eigenvalue weighted by Gasteiger charge is -2.32. The summed E-state index contributed by atoms with van der Waals surface area (Å²) in [6, 6.07) is 5.31. The van der Waals surface area contributed by atoms with E-state index in [1.165, 1.54) is 0 Å². The highest BCUT2D eigenvalue weighted by Crippen LogP contribution is 2.24. The Morgan fingerprint density at radius 3 is 2.64 bits per heavy atom. The van der Waals surface area contributed by atoms with Crippen LogP contribution < -0.4 is 10.6 Å². The van der Waals surface area contributed by atoms with Crippen LogP contribution in [0.3, 0.4) is 0 Å². The van der Waals surface area contributed by atoms with Crippen molar-refractivity contribution in [3.8, 4) is 0 Å². The summed E-state index contributed by atoms with van der Waals surface area (Å²) in [5, 5.41) is 6.56. The first-order chi connectivity index (χ1) is 11.2. The van der Waals surface area contributed by atoms with Gasteiger partial charge in [0.05, 0.1) is 10.6 Å². The number of anilines is 1. The molecular weight excluding hydrogens is 361 g/mol. The lowest BCUT2D eigenvalue weighted by atomic mass is 9.92. The average molecular weight is 388 g/mol. The lowest BCUT2D eigenvalue weighted by molar-refractivity contribution is -0.117. The minimum absolute atomic E-state index is 0. The van der Waals surface area contributed by atoms with Crippen LogP contribution in [0.25, 0.3) is 0 Å². The first-order valence-electron chi connectivity index (χ1n) is 8.28. The van der Waals surface area contributed by atoms with E-state index in [2.05, 4.69) is 10.6 Å². The van der Waals surface area contributed by atoms with Crippen molar-refractivity contribution in [2.75, 3.05) is 25.0 Å². The largest absolute Gasteiger partial charge is 0.336 e. The number of benzene rings is 1. The standard InChI is InChI=1S/C18H26ClN3O2.ClH/c1-12-11-22(8-7-20-12)17(24)14-9-13(5-6-15(14)19)21-16(23)10-18(2,3)4;/h5-6,9,12,20H,7-8,10-11H2,1-4H3,(H,21,23);1H. The summed E-state index contributed by atoms with van der Waals surface area (Å²) < 4.78 is 0. The van der Waals surface area contributed by atoms with E-state index in [0.717, 1.165) is 6.54 Å². The van der Waals surface area contributed by atoms with Crippen LogP contribution in [0.4, 0.5) is 5.69 Å². The maximum Gasteiger partial charge on any atom is 0.255 e. The summed E-state index contributed by atoms with van der Waals surface area (Å²) in [7, 11) is 0. The van der Waals surface area contributed by atoms with Crippen LogP contribution >= 0.6 is 24.0 Å². The number of piperazine rings is 1. The van der Waals surface area contributed by atoms with E-state index in [4.69, 9.17) is 11.6 Å². The molecule has 1 aliphatic rings. The fourth-order valence-electron chi connectivity index (χ4n) is 2.74. The van der Waals surface area contributed by atoms with Crippen molar-refractivity contribution < 1.29 is 9.59 Å². The second kappa shape index (κ2) is 8.88. The predicted octanol–water partition coefficient (Wildman–Crippen LogP) is 3.57. The first kappa shape index (κ1) is 21.7. The molecule has 140 valence electrons. The van der Waals surface area contributed by atoms with Crippen molar-refractivity contribution in [1.29, 1.82) is 0 Å². The van der Waals surface area contributed by atoms with Crippen LogP contribution in [0, 0.1) is 5.41 Å². The molecule has 0 bridgehead atoms. The minimum Gasteiger partial charge on any atom is -0.336 e. The van der Waals surface area contributed by atoms with E-state index in [1.54, 1.807) is 23.1 Å². The number of carbonyl (C=O) groups is 2. The molecule has 0 saturated carbocycles. The molecule has 1 aromatic carbocycles. The van der Waals surface area contributed by atoms with Crippen molar-refractivity contribution >= 4 is 41.5 Å². The van der Waals surface area contributed by atoms with Crippen LogP contribution in [-0.4, -0.2) is 42.4 Å². The molecule has 1 aliphatic heterocycles. The maximum absolute atomic E-state index is 12.7. The highest BCUT2D eigenvalue weighted by molar-refractivity contribution is 6.34. The predicted molar refractivity (Wildman–Crippen MR) is 105 cm³/mol. The van der Waals surface area contributed by atoms with Crippen LogP contribution in [0.15, 0.2) is 18.2 Å². The Morgan fingerprint density at radius 1 is 1.36 bits per heavy atom. The third-order valence-electron chi connectivity index (χ3n) is 3.83. The number of amides is 2. The Labute approximate surface area is 160 Å². The van der Waals surface area contributed by atoms with E-state index in [-0.39, 0.29) is 35.7 Å². The third-order valence-corrected chi connectivity index (χ3v) is 4.16. The van der Waals surface area contributed by atoms with Crippen molar-refractivity contribution in [2.45, 2.75) is 40.2 Å². The van der Waals surface area contributed by atoms with Crippen molar-refractivity contribution in [1.82, 2.24) is 10.2 Å². The molecule has 0 radical (unpaired) electrons. The molecule has 7 heteroatoms. The normalized spacial score (nSPS) is 17.6. The number of halogens is 2. The average Bonchev–Trinajstić information content (AvgIpc) is 2.46. The van der Waals surface area contributed by atoms with Gasteiger partial charge in [-0.1, -0.05) is 32.4 Å². The topological polar surface area (TPSA) is 61.4 Å². The van der Waals surface area contributed by atoms with E-state index in [9.17, 15) is 9.59 Å². The fraction of sp³-hybridized carbons (Fsp3) is 0.556. The molecule has 1 heterocycles. The van der Waals surface area contributed by atoms with Crippen molar-refractivity contribution in [3.63, 3.8) is 0 Å². The van der Waals surface area contributed by atoms with E-state index in [0.29, 0.717) is 35.8 Å². The summed E-state index contributed by atoms with van der Waals surface area (Å²) >= 11 is 6.21. The summed E-state index contributed by atoms with van der Waals surface area (Å²) in [4.78, 5) is 26.6. The first-order valence-corrected chi connectivity index (χ1v) is 8.65. The molecular formula is C18H27Cl2N3O2. The Bertz CT molecular complexity index is 629. The molecule has 2 amide bonds. The lowest BCUT2D eigenvalue weighted by Crippen LogP contribution is -2.51. The fourth-order valence-corrected chi connectivity index (χ4v) is 2.94. The molecule has 5 nitrogen and oxygen atoms in total. The number of nitrogens with one attached hydrogen (secondary N) is 2. The van der Waals surface area contributed by atoms with Crippen molar-refractivity contribution in [2.24, 2.45) is 5.41 Å². The monoisotopic (exact) mass is 387 g/mol. The SMILES string of the molecule is CC1CN(C(=O)c2cc(NC(=O)CC(C)(C)C)ccc2Cl)CCN1.Cl. The van der Waals surface area contributed by atoms with Gasteiger partial charge in [-0.2, -0.15) is 0 Å². The van der Waals surface area contributed by atoms with E-state index in [1.807, 2.05) is 27.7 Å². The number of hydrogen-bond donors (Lipinski definition) is 2. The molecule has 2 N–H and O–H groups in total. The third kappa shape index (κ3) is 6.49. The molecule has 25 heavy (non-hydrogen) atoms. The number of nitrogens with zero attached hydrogens (tertiary/aromatic N) is 1. The Morgan fingerprint density at radius 2 is 2.04 bits per heavy atom. The molecule has 1 saturated heterocycles. The molecule has 0 spiro atoms. The van der Waals surface area contributed by atoms with Crippen LogP contribution in [0.2, 0.25) is 5.02 Å². The highest BCUT2D eigenvalue weighted by atomic mass is 35.5. The number of hydrogen-bond acceptors (Lipinski definition) is 3. The molecule has 0 aromatic heterocycles. The number of rotatable bonds is 3. The summed E-state index contributed by atoms with van der Waals surface area (Å²) in [5.41, 5.74) is 0.936. The summed E-state index contributed by atoms with van der Waals surface area (Å²) in [6.45, 7) is 10.1. The van der Waals surface area contributed by atoms with Gasteiger partial charge < -0.3 is 15.5 Å². The zero-order valence-electron chi connectivity index (χ0n) is 15.2. The quantitative estimate of drug-likeness (QED) is 0.832. The summed E-state index contributed by atoms with van der Waals surface area (Å²) in [5.74, 6) is -0.167. The summed E-state index contributed by atoms with van der Waals surface area (Å²) in [6.07, 6.45) is 0.411. The van der Waals surface area contributed by atoms with Crippen LogP contribution in [-0.2, 0) is 4.79 Å². The number of carbonyl (C=O) groups excluding carboxylic acids is 2. The van der Waals surface area contributed by atoms with Crippen LogP contribution in [0.5, 0.6) is 0 Å². The molecule has 2 rings (SSSR count). The molecule has 1 unspecified atom stereocenters.